The van der Waals surface area contributed by atoms with Crippen LogP contribution in [0.25, 0.3) is 0 Å². The van der Waals surface area contributed by atoms with Gasteiger partial charge in [0.2, 0.25) is 0 Å². The van der Waals surface area contributed by atoms with Crippen LogP contribution in [0.1, 0.15) is 22.8 Å². The van der Waals surface area contributed by atoms with Crippen molar-refractivity contribution in [2.45, 2.75) is 13.1 Å². The van der Waals surface area contributed by atoms with Crippen LogP contribution in [0, 0.1) is 0 Å². The molecule has 15 heavy (non-hydrogen) atoms. The lowest BCUT2D eigenvalue weighted by atomic mass is 10.1. The summed E-state index contributed by atoms with van der Waals surface area (Å²) in [4.78, 5) is 11.2. The van der Waals surface area contributed by atoms with Gasteiger partial charge in [-0.3, -0.25) is 0 Å². The second-order valence-corrected chi connectivity index (χ2v) is 2.76. The third-order valence-corrected chi connectivity index (χ3v) is 1.73. The first-order valence-electron chi connectivity index (χ1n) is 4.30. The van der Waals surface area contributed by atoms with Crippen molar-refractivity contribution in [3.05, 3.63) is 35.4 Å². The Kier molecular flexibility index (Phi) is 3.34. The van der Waals surface area contributed by atoms with Crippen molar-refractivity contribution < 1.29 is 22.7 Å². The molecule has 0 aliphatic rings. The fourth-order valence-electron chi connectivity index (χ4n) is 1.12. The Balaban J connectivity index is 3.12. The molecule has 82 valence electrons. The molecular weight excluding hydrogens is 209 g/mol. The van der Waals surface area contributed by atoms with E-state index < -0.39 is 23.3 Å². The van der Waals surface area contributed by atoms with Crippen LogP contribution in [0.4, 0.5) is 13.2 Å². The number of halogens is 3. The van der Waals surface area contributed by atoms with Crippen LogP contribution in [0.2, 0.25) is 0 Å². The van der Waals surface area contributed by atoms with Crippen LogP contribution >= 0.6 is 0 Å². The number of hydrogen-bond donors (Lipinski definition) is 0. The molecule has 0 heterocycles. The standard InChI is InChI=1S/C10H9F3O2/c1-2-15-9(14)7-5-3-4-6-8(7)10(11,12)13/h3-6H,2H2,1H3. The number of benzene rings is 1. The number of rotatable bonds is 2. The number of carbonyl (C=O) groups excluding carboxylic acids is 1. The topological polar surface area (TPSA) is 26.3 Å². The minimum atomic E-state index is -4.54. The van der Waals surface area contributed by atoms with Gasteiger partial charge in [-0.05, 0) is 19.1 Å². The minimum Gasteiger partial charge on any atom is -0.462 e. The largest absolute Gasteiger partial charge is 0.462 e. The normalized spacial score (nSPS) is 11.2. The smallest absolute Gasteiger partial charge is 0.417 e. The van der Waals surface area contributed by atoms with Crippen molar-refractivity contribution in [3.8, 4) is 0 Å². The number of ether oxygens (including phenoxy) is 1. The Hall–Kier alpha value is -1.52. The van der Waals surface area contributed by atoms with E-state index in [2.05, 4.69) is 4.74 Å². The van der Waals surface area contributed by atoms with Crippen molar-refractivity contribution in [1.29, 1.82) is 0 Å². The van der Waals surface area contributed by atoms with Gasteiger partial charge in [-0.1, -0.05) is 12.1 Å². The van der Waals surface area contributed by atoms with E-state index in [1.54, 1.807) is 0 Å². The lowest BCUT2D eigenvalue weighted by Gasteiger charge is -2.11. The summed E-state index contributed by atoms with van der Waals surface area (Å²) in [7, 11) is 0. The fraction of sp³-hybridized carbons (Fsp3) is 0.300. The predicted molar refractivity (Wildman–Crippen MR) is 47.4 cm³/mol. The zero-order valence-corrected chi connectivity index (χ0v) is 7.97. The second kappa shape index (κ2) is 4.33. The zero-order valence-electron chi connectivity index (χ0n) is 7.97. The summed E-state index contributed by atoms with van der Waals surface area (Å²) in [5.41, 5.74) is -1.42. The highest BCUT2D eigenvalue weighted by molar-refractivity contribution is 5.91. The molecule has 0 spiro atoms. The van der Waals surface area contributed by atoms with Crippen LogP contribution in [0.3, 0.4) is 0 Å². The molecule has 2 nitrogen and oxygen atoms in total. The molecule has 0 unspecified atom stereocenters. The van der Waals surface area contributed by atoms with E-state index in [9.17, 15) is 18.0 Å². The molecule has 1 rings (SSSR count). The van der Waals surface area contributed by atoms with Crippen LogP contribution < -0.4 is 0 Å². The van der Waals surface area contributed by atoms with Gasteiger partial charge >= 0.3 is 12.1 Å². The molecule has 0 aliphatic carbocycles. The SMILES string of the molecule is CCOC(=O)c1ccccc1C(F)(F)F. The summed E-state index contributed by atoms with van der Waals surface area (Å²) in [6.07, 6.45) is -4.54. The zero-order chi connectivity index (χ0) is 11.5. The molecule has 0 N–H and O–H groups in total. The van der Waals surface area contributed by atoms with E-state index in [1.165, 1.54) is 19.1 Å². The maximum absolute atomic E-state index is 12.4. The van der Waals surface area contributed by atoms with E-state index in [0.29, 0.717) is 0 Å². The highest BCUT2D eigenvalue weighted by Gasteiger charge is 2.35. The van der Waals surface area contributed by atoms with Crippen LogP contribution in [0.15, 0.2) is 24.3 Å². The van der Waals surface area contributed by atoms with Crippen molar-refractivity contribution >= 4 is 5.97 Å². The van der Waals surface area contributed by atoms with Gasteiger partial charge in [0, 0.05) is 0 Å². The van der Waals surface area contributed by atoms with Crippen LogP contribution in [-0.2, 0) is 10.9 Å². The molecular formula is C10H9F3O2. The van der Waals surface area contributed by atoms with E-state index in [-0.39, 0.29) is 6.61 Å². The number of esters is 1. The van der Waals surface area contributed by atoms with E-state index in [4.69, 9.17) is 0 Å². The Bertz CT molecular complexity index is 358. The molecule has 0 fully saturated rings. The molecule has 0 radical (unpaired) electrons. The molecule has 5 heteroatoms. The Morgan fingerprint density at radius 1 is 1.33 bits per heavy atom. The average Bonchev–Trinajstić information content (AvgIpc) is 2.17. The maximum atomic E-state index is 12.4. The molecule has 0 saturated carbocycles. The highest BCUT2D eigenvalue weighted by atomic mass is 19.4. The average molecular weight is 218 g/mol. The fourth-order valence-corrected chi connectivity index (χ4v) is 1.12. The number of carbonyl (C=O) groups is 1. The predicted octanol–water partition coefficient (Wildman–Crippen LogP) is 2.88. The van der Waals surface area contributed by atoms with Crippen LogP contribution in [0.5, 0.6) is 0 Å². The van der Waals surface area contributed by atoms with Gasteiger partial charge in [0.1, 0.15) is 0 Å². The van der Waals surface area contributed by atoms with Gasteiger partial charge < -0.3 is 4.74 Å². The molecule has 1 aromatic rings. The first-order chi connectivity index (χ1) is 6.96. The van der Waals surface area contributed by atoms with Gasteiger partial charge in [0.25, 0.3) is 0 Å². The van der Waals surface area contributed by atoms with Gasteiger partial charge in [0.05, 0.1) is 17.7 Å². The Morgan fingerprint density at radius 2 is 1.93 bits per heavy atom. The van der Waals surface area contributed by atoms with E-state index in [1.807, 2.05) is 0 Å². The second-order valence-electron chi connectivity index (χ2n) is 2.76. The molecule has 0 bridgehead atoms. The summed E-state index contributed by atoms with van der Waals surface area (Å²) in [5, 5.41) is 0. The summed E-state index contributed by atoms with van der Waals surface area (Å²) in [6.45, 7) is 1.58. The van der Waals surface area contributed by atoms with Crippen LogP contribution in [-0.4, -0.2) is 12.6 Å². The Labute approximate surface area is 84.7 Å². The third-order valence-electron chi connectivity index (χ3n) is 1.73. The summed E-state index contributed by atoms with van der Waals surface area (Å²) in [5.74, 6) is -0.953. The molecule has 0 aromatic heterocycles. The first kappa shape index (κ1) is 11.6. The van der Waals surface area contributed by atoms with Gasteiger partial charge in [-0.2, -0.15) is 13.2 Å². The molecule has 1 aromatic carbocycles. The number of hydrogen-bond acceptors (Lipinski definition) is 2. The minimum absolute atomic E-state index is 0.0467. The van der Waals surface area contributed by atoms with Crippen molar-refractivity contribution in [2.24, 2.45) is 0 Å². The van der Waals surface area contributed by atoms with Gasteiger partial charge in [0.15, 0.2) is 0 Å². The maximum Gasteiger partial charge on any atom is 0.417 e. The summed E-state index contributed by atoms with van der Waals surface area (Å²) >= 11 is 0. The van der Waals surface area contributed by atoms with Gasteiger partial charge in [-0.15, -0.1) is 0 Å². The van der Waals surface area contributed by atoms with E-state index >= 15 is 0 Å². The lowest BCUT2D eigenvalue weighted by Crippen LogP contribution is -2.14. The summed E-state index contributed by atoms with van der Waals surface area (Å²) in [6, 6.07) is 4.54. The quantitative estimate of drug-likeness (QED) is 0.713. The number of alkyl halides is 3. The molecule has 0 amide bonds. The first-order valence-corrected chi connectivity index (χ1v) is 4.30. The highest BCUT2D eigenvalue weighted by Crippen LogP contribution is 2.31. The molecule has 0 saturated heterocycles. The Morgan fingerprint density at radius 3 is 2.47 bits per heavy atom. The summed E-state index contributed by atoms with van der Waals surface area (Å²) < 4.78 is 41.8. The monoisotopic (exact) mass is 218 g/mol. The molecule has 0 atom stereocenters. The van der Waals surface area contributed by atoms with Gasteiger partial charge in [-0.25, -0.2) is 4.79 Å². The third kappa shape index (κ3) is 2.71. The van der Waals surface area contributed by atoms with Crippen molar-refractivity contribution in [2.75, 3.05) is 6.61 Å². The van der Waals surface area contributed by atoms with Crippen molar-refractivity contribution in [3.63, 3.8) is 0 Å². The lowest BCUT2D eigenvalue weighted by molar-refractivity contribution is -0.138. The van der Waals surface area contributed by atoms with Crippen molar-refractivity contribution in [1.82, 2.24) is 0 Å². The van der Waals surface area contributed by atoms with E-state index in [0.717, 1.165) is 12.1 Å². The molecule has 0 aliphatic heterocycles.